The molecule has 0 atom stereocenters. The first-order valence-electron chi connectivity index (χ1n) is 11.3. The lowest BCUT2D eigenvalue weighted by molar-refractivity contribution is 1.73. The van der Waals surface area contributed by atoms with Crippen molar-refractivity contribution in [3.63, 3.8) is 0 Å². The zero-order chi connectivity index (χ0) is 22.8. The van der Waals surface area contributed by atoms with Crippen LogP contribution in [0.2, 0.25) is 0 Å². The molecule has 0 aliphatic carbocycles. The summed E-state index contributed by atoms with van der Waals surface area (Å²) in [6.45, 7) is 0. The van der Waals surface area contributed by atoms with Crippen LogP contribution in [0.1, 0.15) is 0 Å². The van der Waals surface area contributed by atoms with Gasteiger partial charge in [-0.1, -0.05) is 129 Å². The largest absolute Gasteiger partial charge is 0.0610 e. The Kier molecular flexibility index (Phi) is 4.55. The Bertz CT molecular complexity index is 1780. The molecule has 0 spiro atoms. The second-order valence-electron chi connectivity index (χ2n) is 8.81. The first-order valence-corrected chi connectivity index (χ1v) is 12.9. The number of hydrogen-bond donors (Lipinski definition) is 0. The number of hydrogen-bond acceptors (Lipinski definition) is 0. The smallest absolute Gasteiger partial charge is 0.0254 e. The third kappa shape index (κ3) is 2.95. The van der Waals surface area contributed by atoms with Crippen LogP contribution < -0.4 is 0 Å². The van der Waals surface area contributed by atoms with Gasteiger partial charge < -0.3 is 0 Å². The molecule has 0 nitrogen and oxygen atoms in total. The minimum Gasteiger partial charge on any atom is -0.0610 e. The summed E-state index contributed by atoms with van der Waals surface area (Å²) in [5.74, 6) is 0. The van der Waals surface area contributed by atoms with Crippen molar-refractivity contribution < 1.29 is 0 Å². The molecule has 8 rings (SSSR count). The molecule has 2 heteroatoms. The molecule has 0 fully saturated rings. The second kappa shape index (κ2) is 7.66. The average molecular weight is 562 g/mol. The van der Waals surface area contributed by atoms with Gasteiger partial charge in [0.15, 0.2) is 0 Å². The van der Waals surface area contributed by atoms with E-state index in [1.54, 1.807) is 0 Å². The van der Waals surface area contributed by atoms with Crippen LogP contribution in [-0.4, -0.2) is 0 Å². The first-order chi connectivity index (χ1) is 16.7. The van der Waals surface area contributed by atoms with Crippen LogP contribution in [0.5, 0.6) is 0 Å². The Hall–Kier alpha value is -3.20. The Balaban J connectivity index is 0.000000118. The monoisotopic (exact) mass is 560 g/mol. The number of rotatable bonds is 0. The average Bonchev–Trinajstić information content (AvgIpc) is 2.89. The fraction of sp³-hybridized carbons (Fsp3) is 0. The van der Waals surface area contributed by atoms with E-state index in [0.29, 0.717) is 0 Å². The van der Waals surface area contributed by atoms with E-state index in [0.717, 1.165) is 8.95 Å². The zero-order valence-electron chi connectivity index (χ0n) is 18.1. The van der Waals surface area contributed by atoms with Gasteiger partial charge in [0, 0.05) is 8.95 Å². The van der Waals surface area contributed by atoms with Crippen LogP contribution >= 0.6 is 31.9 Å². The molecule has 0 aliphatic heterocycles. The van der Waals surface area contributed by atoms with Crippen molar-refractivity contribution in [2.45, 2.75) is 0 Å². The first kappa shape index (κ1) is 20.2. The number of halogens is 2. The summed E-state index contributed by atoms with van der Waals surface area (Å²) in [4.78, 5) is 0. The summed E-state index contributed by atoms with van der Waals surface area (Å²) in [5.41, 5.74) is 0. The molecule has 160 valence electrons. The summed E-state index contributed by atoms with van der Waals surface area (Å²) >= 11 is 7.30. The predicted molar refractivity (Wildman–Crippen MR) is 156 cm³/mol. The molecule has 0 bridgehead atoms. The van der Waals surface area contributed by atoms with E-state index in [-0.39, 0.29) is 0 Å². The zero-order valence-corrected chi connectivity index (χ0v) is 21.3. The van der Waals surface area contributed by atoms with E-state index in [1.807, 2.05) is 0 Å². The van der Waals surface area contributed by atoms with E-state index in [9.17, 15) is 0 Å². The molecule has 0 heterocycles. The van der Waals surface area contributed by atoms with Crippen molar-refractivity contribution in [1.82, 2.24) is 0 Å². The standard InChI is InChI=1S/C16H8Br2.C16H10/c17-13-8-4-10-2-6-12-14(18)7-3-9-1-5-11(13)16(10)15(9)12;1-3-11-7-9-13-5-2-6-14-10-8-12(4-1)15(11)16(13)14/h1-8H;1-10H. The molecule has 0 radical (unpaired) electrons. The SMILES string of the molecule is Brc1ccc2ccc3c(Br)ccc4ccc1c2c43.c1cc2ccc3cccc4ccc(c1)c2c34. The summed E-state index contributed by atoms with van der Waals surface area (Å²) < 4.78 is 2.31. The topological polar surface area (TPSA) is 0 Å². The van der Waals surface area contributed by atoms with Crippen molar-refractivity contribution in [3.05, 3.63) is 118 Å². The van der Waals surface area contributed by atoms with Crippen LogP contribution in [0.15, 0.2) is 118 Å². The maximum atomic E-state index is 3.65. The van der Waals surface area contributed by atoms with E-state index in [1.165, 1.54) is 64.6 Å². The molecule has 0 N–H and O–H groups in total. The van der Waals surface area contributed by atoms with Gasteiger partial charge >= 0.3 is 0 Å². The molecule has 8 aromatic carbocycles. The molecule has 34 heavy (non-hydrogen) atoms. The van der Waals surface area contributed by atoms with Crippen molar-refractivity contribution in [2.75, 3.05) is 0 Å². The summed E-state index contributed by atoms with van der Waals surface area (Å²) in [7, 11) is 0. The normalized spacial score (nSPS) is 11.8. The fourth-order valence-electron chi connectivity index (χ4n) is 5.40. The predicted octanol–water partition coefficient (Wildman–Crippen LogP) is 10.7. The van der Waals surface area contributed by atoms with E-state index >= 15 is 0 Å². The molecule has 0 aromatic heterocycles. The van der Waals surface area contributed by atoms with Crippen LogP contribution in [0.4, 0.5) is 0 Å². The lowest BCUT2D eigenvalue weighted by atomic mass is 9.94. The third-order valence-corrected chi connectivity index (χ3v) is 8.33. The summed E-state index contributed by atoms with van der Waals surface area (Å²) in [6.07, 6.45) is 0. The van der Waals surface area contributed by atoms with Crippen molar-refractivity contribution in [1.29, 1.82) is 0 Å². The number of benzene rings is 8. The van der Waals surface area contributed by atoms with Crippen LogP contribution in [-0.2, 0) is 0 Å². The van der Waals surface area contributed by atoms with Gasteiger partial charge in [-0.05, 0) is 76.8 Å². The van der Waals surface area contributed by atoms with Gasteiger partial charge in [0.1, 0.15) is 0 Å². The molecule has 0 unspecified atom stereocenters. The third-order valence-electron chi connectivity index (χ3n) is 6.95. The Morgan fingerprint density at radius 3 is 0.971 bits per heavy atom. The molecule has 0 saturated heterocycles. The van der Waals surface area contributed by atoms with Crippen LogP contribution in [0.3, 0.4) is 0 Å². The molecular formula is C32H18Br2. The highest BCUT2D eigenvalue weighted by Gasteiger charge is 2.11. The molecular weight excluding hydrogens is 544 g/mol. The molecule has 0 aliphatic rings. The lowest BCUT2D eigenvalue weighted by Crippen LogP contribution is -1.85. The maximum absolute atomic E-state index is 3.65. The Morgan fingerprint density at radius 2 is 0.588 bits per heavy atom. The van der Waals surface area contributed by atoms with Gasteiger partial charge in [0.2, 0.25) is 0 Å². The highest BCUT2D eigenvalue weighted by atomic mass is 79.9. The van der Waals surface area contributed by atoms with Crippen molar-refractivity contribution >= 4 is 96.5 Å². The van der Waals surface area contributed by atoms with Crippen LogP contribution in [0.25, 0.3) is 64.6 Å². The minimum absolute atomic E-state index is 1.16. The van der Waals surface area contributed by atoms with Gasteiger partial charge in [-0.3, -0.25) is 0 Å². The Labute approximate surface area is 213 Å². The van der Waals surface area contributed by atoms with Crippen molar-refractivity contribution in [2.24, 2.45) is 0 Å². The Morgan fingerprint density at radius 1 is 0.294 bits per heavy atom. The summed E-state index contributed by atoms with van der Waals surface area (Å²) in [5, 5.41) is 16.0. The highest BCUT2D eigenvalue weighted by Crippen LogP contribution is 2.40. The maximum Gasteiger partial charge on any atom is 0.0254 e. The van der Waals surface area contributed by atoms with Gasteiger partial charge in [-0.2, -0.15) is 0 Å². The van der Waals surface area contributed by atoms with Crippen LogP contribution in [0, 0.1) is 0 Å². The van der Waals surface area contributed by atoms with E-state index in [4.69, 9.17) is 0 Å². The quantitative estimate of drug-likeness (QED) is 0.161. The molecule has 0 amide bonds. The minimum atomic E-state index is 1.16. The summed E-state index contributed by atoms with van der Waals surface area (Å²) in [6, 6.07) is 39.2. The van der Waals surface area contributed by atoms with E-state index < -0.39 is 0 Å². The van der Waals surface area contributed by atoms with Gasteiger partial charge in [0.25, 0.3) is 0 Å². The van der Waals surface area contributed by atoms with E-state index in [2.05, 4.69) is 141 Å². The molecule has 0 saturated carbocycles. The van der Waals surface area contributed by atoms with Gasteiger partial charge in [-0.15, -0.1) is 0 Å². The van der Waals surface area contributed by atoms with Gasteiger partial charge in [-0.25, -0.2) is 0 Å². The van der Waals surface area contributed by atoms with Gasteiger partial charge in [0.05, 0.1) is 0 Å². The lowest BCUT2D eigenvalue weighted by Gasteiger charge is -2.12. The van der Waals surface area contributed by atoms with Crippen molar-refractivity contribution in [3.8, 4) is 0 Å². The second-order valence-corrected chi connectivity index (χ2v) is 10.5. The highest BCUT2D eigenvalue weighted by molar-refractivity contribution is 9.11. The molecule has 8 aromatic rings. The fourth-order valence-corrected chi connectivity index (χ4v) is 6.32.